The quantitative estimate of drug-likeness (QED) is 0.221. The molecule has 0 bridgehead atoms. The lowest BCUT2D eigenvalue weighted by Crippen LogP contribution is -2.54. The molecular formula is C44H73N. The molecule has 6 unspecified atom stereocenters. The Hall–Kier alpha value is -0.560. The molecule has 0 heterocycles. The Kier molecular flexibility index (Phi) is 11.2. The van der Waals surface area contributed by atoms with E-state index >= 15 is 0 Å². The molecule has 6 atom stereocenters. The molecule has 0 radical (unpaired) electrons. The fraction of sp³-hybridized carbons (Fsp3) is 0.909. The smallest absolute Gasteiger partial charge is 0.0102 e. The summed E-state index contributed by atoms with van der Waals surface area (Å²) in [6.07, 6.45) is 46.7. The van der Waals surface area contributed by atoms with Gasteiger partial charge in [-0.2, -0.15) is 0 Å². The zero-order valence-electron chi connectivity index (χ0n) is 29.9. The van der Waals surface area contributed by atoms with Gasteiger partial charge in [-0.1, -0.05) is 95.4 Å². The van der Waals surface area contributed by atoms with Crippen molar-refractivity contribution in [1.82, 2.24) is 4.90 Å². The zero-order chi connectivity index (χ0) is 30.6. The molecule has 7 aliphatic rings. The molecular weight excluding hydrogens is 542 g/mol. The van der Waals surface area contributed by atoms with Crippen LogP contribution in [0.1, 0.15) is 187 Å². The summed E-state index contributed by atoms with van der Waals surface area (Å²) in [5, 5.41) is 0. The third-order valence-electron chi connectivity index (χ3n) is 16.1. The third-order valence-corrected chi connectivity index (χ3v) is 16.1. The lowest BCUT2D eigenvalue weighted by Gasteiger charge is -2.57. The number of hydrogen-bond donors (Lipinski definition) is 0. The summed E-state index contributed by atoms with van der Waals surface area (Å²) in [5.41, 5.74) is 2.30. The van der Waals surface area contributed by atoms with Gasteiger partial charge >= 0.3 is 0 Å². The summed E-state index contributed by atoms with van der Waals surface area (Å²) in [4.78, 5) is 3.23. The topological polar surface area (TPSA) is 3.24 Å². The highest BCUT2D eigenvalue weighted by molar-refractivity contribution is 5.14. The number of nitrogens with zero attached hydrogens (tertiary/aromatic N) is 1. The minimum atomic E-state index is 0.730. The summed E-state index contributed by atoms with van der Waals surface area (Å²) in [5.74, 6) is 7.29. The number of allylic oxidation sites excluding steroid dienone is 3. The van der Waals surface area contributed by atoms with Crippen LogP contribution in [-0.4, -0.2) is 23.0 Å². The van der Waals surface area contributed by atoms with Crippen molar-refractivity contribution in [3.8, 4) is 0 Å². The van der Waals surface area contributed by atoms with Gasteiger partial charge in [-0.05, 0) is 162 Å². The second kappa shape index (κ2) is 15.3. The van der Waals surface area contributed by atoms with Gasteiger partial charge in [0.15, 0.2) is 0 Å². The van der Waals surface area contributed by atoms with Gasteiger partial charge in [0.25, 0.3) is 0 Å². The molecule has 0 amide bonds. The van der Waals surface area contributed by atoms with Crippen LogP contribution in [0.25, 0.3) is 0 Å². The number of hydrogen-bond acceptors (Lipinski definition) is 1. The van der Waals surface area contributed by atoms with Crippen LogP contribution in [0.3, 0.4) is 0 Å². The third kappa shape index (κ3) is 6.58. The average molecular weight is 616 g/mol. The zero-order valence-corrected chi connectivity index (χ0v) is 29.9. The molecule has 1 nitrogen and oxygen atoms in total. The highest BCUT2D eigenvalue weighted by Gasteiger charge is 2.65. The Labute approximate surface area is 280 Å². The lowest BCUT2D eigenvalue weighted by molar-refractivity contribution is -0.0857. The van der Waals surface area contributed by atoms with E-state index in [1.807, 2.05) is 0 Å². The van der Waals surface area contributed by atoms with E-state index < -0.39 is 0 Å². The first kappa shape index (κ1) is 33.0. The first-order valence-corrected chi connectivity index (χ1v) is 21.3. The first-order chi connectivity index (χ1) is 22.2. The predicted octanol–water partition coefficient (Wildman–Crippen LogP) is 12.8. The van der Waals surface area contributed by atoms with E-state index in [0.717, 1.165) is 65.0 Å². The molecule has 7 rings (SSSR count). The number of rotatable bonds is 10. The molecule has 0 aromatic carbocycles. The molecule has 0 N–H and O–H groups in total. The molecule has 0 aliphatic heterocycles. The minimum Gasteiger partial charge on any atom is -0.294 e. The Bertz CT molecular complexity index is 935. The van der Waals surface area contributed by atoms with Crippen molar-refractivity contribution < 1.29 is 0 Å². The van der Waals surface area contributed by atoms with E-state index in [9.17, 15) is 0 Å². The molecule has 6 fully saturated rings. The summed E-state index contributed by atoms with van der Waals surface area (Å²) < 4.78 is 0. The summed E-state index contributed by atoms with van der Waals surface area (Å²) >= 11 is 0. The Balaban J connectivity index is 1.10. The van der Waals surface area contributed by atoms with Crippen LogP contribution in [0.2, 0.25) is 0 Å². The second-order valence-corrected chi connectivity index (χ2v) is 17.9. The van der Waals surface area contributed by atoms with Crippen LogP contribution in [0.15, 0.2) is 24.3 Å². The Morgan fingerprint density at radius 3 is 1.80 bits per heavy atom. The highest BCUT2D eigenvalue weighted by atomic mass is 15.2. The fourth-order valence-corrected chi connectivity index (χ4v) is 14.4. The molecule has 6 saturated carbocycles. The maximum Gasteiger partial charge on any atom is 0.0102 e. The monoisotopic (exact) mass is 616 g/mol. The van der Waals surface area contributed by atoms with Gasteiger partial charge in [0.2, 0.25) is 0 Å². The van der Waals surface area contributed by atoms with Crippen molar-refractivity contribution in [2.75, 3.05) is 0 Å². The van der Waals surface area contributed by atoms with Crippen molar-refractivity contribution in [3.05, 3.63) is 24.3 Å². The average Bonchev–Trinajstić information content (AvgIpc) is 3.42. The van der Waals surface area contributed by atoms with Crippen LogP contribution in [0.4, 0.5) is 0 Å². The second-order valence-electron chi connectivity index (χ2n) is 17.9. The van der Waals surface area contributed by atoms with Gasteiger partial charge in [-0.3, -0.25) is 4.90 Å². The maximum absolute atomic E-state index is 4.69. The Morgan fingerprint density at radius 1 is 0.644 bits per heavy atom. The molecule has 1 heteroatoms. The van der Waals surface area contributed by atoms with E-state index in [1.54, 1.807) is 95.5 Å². The van der Waals surface area contributed by atoms with Crippen molar-refractivity contribution in [2.24, 2.45) is 46.8 Å². The van der Waals surface area contributed by atoms with Crippen LogP contribution in [-0.2, 0) is 0 Å². The number of fused-ring (bicyclic) bond motifs is 3. The van der Waals surface area contributed by atoms with Gasteiger partial charge in [0, 0.05) is 18.1 Å². The van der Waals surface area contributed by atoms with Gasteiger partial charge in [-0.15, -0.1) is 0 Å². The summed E-state index contributed by atoms with van der Waals surface area (Å²) in [7, 11) is 0. The van der Waals surface area contributed by atoms with Gasteiger partial charge < -0.3 is 0 Å². The van der Waals surface area contributed by atoms with Crippen LogP contribution >= 0.6 is 0 Å². The van der Waals surface area contributed by atoms with Crippen LogP contribution in [0.5, 0.6) is 0 Å². The van der Waals surface area contributed by atoms with E-state index in [0.29, 0.717) is 0 Å². The molecule has 0 saturated heterocycles. The fourth-order valence-electron chi connectivity index (χ4n) is 14.4. The molecule has 254 valence electrons. The van der Waals surface area contributed by atoms with E-state index in [1.165, 1.54) is 89.9 Å². The summed E-state index contributed by atoms with van der Waals surface area (Å²) in [6.45, 7) is 7.22. The summed E-state index contributed by atoms with van der Waals surface area (Å²) in [6, 6.07) is 2.49. The van der Waals surface area contributed by atoms with Crippen LogP contribution < -0.4 is 0 Å². The molecule has 45 heavy (non-hydrogen) atoms. The minimum absolute atomic E-state index is 0.730. The SMILES string of the molecule is C=C(CCC(CC)N(C1CCCCC1)C1CCC(C2(C3CCCCC3)C3CCCCC3C3CCCCC32)CC1)C1CC=CCC1. The molecule has 0 aromatic heterocycles. The van der Waals surface area contributed by atoms with Crippen molar-refractivity contribution in [1.29, 1.82) is 0 Å². The predicted molar refractivity (Wildman–Crippen MR) is 193 cm³/mol. The largest absolute Gasteiger partial charge is 0.294 e. The Morgan fingerprint density at radius 2 is 1.20 bits per heavy atom. The standard InChI is InChI=1S/C44H73N/c1-3-37(30-27-33(2)34-17-7-4-8-18-34)45(38-21-11-6-12-22-38)39-31-28-36(29-32-39)44(35-19-9-5-10-20-35)42-25-15-13-23-40(42)41-24-14-16-26-43(41)44/h4,7,34-43H,2-3,5-6,8-32H2,1H3. The van der Waals surface area contributed by atoms with Crippen molar-refractivity contribution in [3.63, 3.8) is 0 Å². The van der Waals surface area contributed by atoms with E-state index in [-0.39, 0.29) is 0 Å². The maximum atomic E-state index is 4.69. The van der Waals surface area contributed by atoms with Gasteiger partial charge in [0.1, 0.15) is 0 Å². The van der Waals surface area contributed by atoms with Crippen LogP contribution in [0, 0.1) is 46.8 Å². The van der Waals surface area contributed by atoms with Gasteiger partial charge in [0.05, 0.1) is 0 Å². The molecule has 0 aromatic rings. The van der Waals surface area contributed by atoms with Crippen molar-refractivity contribution in [2.45, 2.75) is 205 Å². The first-order valence-electron chi connectivity index (χ1n) is 21.3. The highest BCUT2D eigenvalue weighted by Crippen LogP contribution is 2.71. The normalized spacial score (nSPS) is 40.6. The molecule has 0 spiro atoms. The lowest BCUT2D eigenvalue weighted by atomic mass is 9.48. The van der Waals surface area contributed by atoms with E-state index in [4.69, 9.17) is 0 Å². The van der Waals surface area contributed by atoms with Crippen molar-refractivity contribution >= 4 is 0 Å². The van der Waals surface area contributed by atoms with E-state index in [2.05, 4.69) is 30.6 Å². The van der Waals surface area contributed by atoms with Gasteiger partial charge in [-0.25, -0.2) is 0 Å². The molecule has 7 aliphatic carbocycles.